The van der Waals surface area contributed by atoms with Crippen LogP contribution in [0.1, 0.15) is 30.4 Å². The number of amides is 1. The van der Waals surface area contributed by atoms with Crippen LogP contribution in [-0.4, -0.2) is 41.4 Å². The molecule has 1 aliphatic carbocycles. The molecule has 0 aromatic heterocycles. The van der Waals surface area contributed by atoms with E-state index in [2.05, 4.69) is 0 Å². The first kappa shape index (κ1) is 22.5. The van der Waals surface area contributed by atoms with Gasteiger partial charge in [0.1, 0.15) is 12.1 Å². The molecule has 3 rings (SSSR count). The number of alkyl carbamates (subject to hydrolysis) is 1. The lowest BCUT2D eigenvalue weighted by Crippen LogP contribution is -2.65. The van der Waals surface area contributed by atoms with Crippen molar-refractivity contribution in [1.82, 2.24) is 5.32 Å². The van der Waals surface area contributed by atoms with E-state index in [0.29, 0.717) is 6.92 Å². The van der Waals surface area contributed by atoms with E-state index in [1.807, 2.05) is 24.3 Å². The molecule has 31 heavy (non-hydrogen) atoms. The number of carbonyl (C=O) groups is 2. The predicted octanol–water partition coefficient (Wildman–Crippen LogP) is 4.96. The number of carboxylic acid groups (broad SMARTS) is 1. The monoisotopic (exact) mass is 443 g/mol. The second-order valence-corrected chi connectivity index (χ2v) is 7.43. The molecule has 0 spiro atoms. The number of ether oxygens (including phenoxy) is 1. The van der Waals surface area contributed by atoms with Crippen molar-refractivity contribution in [3.05, 3.63) is 59.7 Å². The van der Waals surface area contributed by atoms with Gasteiger partial charge in [0.25, 0.3) is 0 Å². The van der Waals surface area contributed by atoms with Crippen LogP contribution >= 0.6 is 0 Å². The molecule has 1 unspecified atom stereocenters. The SMILES string of the molecule is CC(CC(=O)O)(NC(=O)OCC1c2ccccc2-c2ccccc21)C(F)(F)C(F)(F)F. The third kappa shape index (κ3) is 4.06. The summed E-state index contributed by atoms with van der Waals surface area (Å²) in [4.78, 5) is 23.1. The molecule has 0 radical (unpaired) electrons. The Balaban J connectivity index is 1.79. The zero-order valence-electron chi connectivity index (χ0n) is 16.2. The van der Waals surface area contributed by atoms with Crippen molar-refractivity contribution in [3.8, 4) is 11.1 Å². The van der Waals surface area contributed by atoms with E-state index in [1.165, 1.54) is 5.32 Å². The fourth-order valence-corrected chi connectivity index (χ4v) is 3.71. The van der Waals surface area contributed by atoms with Gasteiger partial charge in [0.05, 0.1) is 6.42 Å². The number of hydrogen-bond donors (Lipinski definition) is 2. The van der Waals surface area contributed by atoms with Crippen molar-refractivity contribution < 1.29 is 41.4 Å². The molecule has 0 aliphatic heterocycles. The molecular weight excluding hydrogens is 425 g/mol. The lowest BCUT2D eigenvalue weighted by atomic mass is 9.89. The average Bonchev–Trinajstić information content (AvgIpc) is 2.98. The molecule has 2 aromatic carbocycles. The Morgan fingerprint density at radius 1 is 0.968 bits per heavy atom. The molecule has 5 nitrogen and oxygen atoms in total. The number of carbonyl (C=O) groups excluding carboxylic acids is 1. The highest BCUT2D eigenvalue weighted by atomic mass is 19.4. The van der Waals surface area contributed by atoms with Crippen molar-refractivity contribution >= 4 is 12.1 Å². The summed E-state index contributed by atoms with van der Waals surface area (Å²) in [5.41, 5.74) is -0.0340. The van der Waals surface area contributed by atoms with Crippen LogP contribution in [-0.2, 0) is 9.53 Å². The van der Waals surface area contributed by atoms with Crippen LogP contribution in [0.25, 0.3) is 11.1 Å². The van der Waals surface area contributed by atoms with Crippen LogP contribution in [0.2, 0.25) is 0 Å². The molecule has 10 heteroatoms. The first-order valence-electron chi connectivity index (χ1n) is 9.17. The number of carboxylic acids is 1. The maximum Gasteiger partial charge on any atom is 0.455 e. The Kier molecular flexibility index (Phi) is 5.68. The quantitative estimate of drug-likeness (QED) is 0.619. The summed E-state index contributed by atoms with van der Waals surface area (Å²) in [7, 11) is 0. The molecule has 0 saturated heterocycles. The fraction of sp³-hybridized carbons (Fsp3) is 0.333. The summed E-state index contributed by atoms with van der Waals surface area (Å²) in [5.74, 6) is -7.90. The molecule has 166 valence electrons. The van der Waals surface area contributed by atoms with Crippen LogP contribution in [0.4, 0.5) is 26.7 Å². The second-order valence-electron chi connectivity index (χ2n) is 7.43. The minimum absolute atomic E-state index is 0.316. The number of aliphatic carboxylic acids is 1. The standard InChI is InChI=1S/C21H18F5NO4/c1-19(10-17(28)29,20(22,23)21(24,25)26)27-18(30)31-11-16-14-8-4-2-6-12(14)13-7-3-5-9-15(13)16/h2-9,16H,10-11H2,1H3,(H,27,30)(H,28,29). The number of benzene rings is 2. The van der Waals surface area contributed by atoms with Crippen molar-refractivity contribution in [1.29, 1.82) is 0 Å². The van der Waals surface area contributed by atoms with E-state index in [0.717, 1.165) is 22.3 Å². The van der Waals surface area contributed by atoms with Gasteiger partial charge in [-0.15, -0.1) is 0 Å². The number of rotatable bonds is 6. The number of hydrogen-bond acceptors (Lipinski definition) is 3. The van der Waals surface area contributed by atoms with E-state index in [9.17, 15) is 31.5 Å². The molecule has 0 saturated carbocycles. The van der Waals surface area contributed by atoms with Crippen LogP contribution in [0.3, 0.4) is 0 Å². The summed E-state index contributed by atoms with van der Waals surface area (Å²) in [5, 5.41) is 10.3. The van der Waals surface area contributed by atoms with E-state index in [1.54, 1.807) is 24.3 Å². The molecule has 2 aromatic rings. The third-order valence-corrected chi connectivity index (χ3v) is 5.28. The van der Waals surface area contributed by atoms with E-state index in [4.69, 9.17) is 9.84 Å². The van der Waals surface area contributed by atoms with Gasteiger partial charge in [-0.1, -0.05) is 48.5 Å². The second kappa shape index (κ2) is 7.82. The number of alkyl halides is 5. The largest absolute Gasteiger partial charge is 0.481 e. The Bertz CT molecular complexity index is 962. The van der Waals surface area contributed by atoms with Gasteiger partial charge in [-0.2, -0.15) is 22.0 Å². The Morgan fingerprint density at radius 3 is 1.90 bits per heavy atom. The van der Waals surface area contributed by atoms with Crippen molar-refractivity contribution in [2.45, 2.75) is 36.9 Å². The lowest BCUT2D eigenvalue weighted by Gasteiger charge is -2.37. The third-order valence-electron chi connectivity index (χ3n) is 5.28. The average molecular weight is 443 g/mol. The van der Waals surface area contributed by atoms with Crippen LogP contribution in [0, 0.1) is 0 Å². The van der Waals surface area contributed by atoms with Crippen molar-refractivity contribution in [3.63, 3.8) is 0 Å². The highest BCUT2D eigenvalue weighted by Gasteiger charge is 2.69. The minimum atomic E-state index is -6.08. The zero-order chi connectivity index (χ0) is 23.0. The smallest absolute Gasteiger partial charge is 0.455 e. The van der Waals surface area contributed by atoms with Gasteiger partial charge in [-0.05, 0) is 29.2 Å². The molecule has 0 heterocycles. The summed E-state index contributed by atoms with van der Waals surface area (Å²) in [6.45, 7) is -0.0172. The van der Waals surface area contributed by atoms with Gasteiger partial charge in [-0.3, -0.25) is 4.79 Å². The van der Waals surface area contributed by atoms with E-state index < -0.39 is 42.0 Å². The highest BCUT2D eigenvalue weighted by molar-refractivity contribution is 5.79. The van der Waals surface area contributed by atoms with Gasteiger partial charge >= 0.3 is 24.2 Å². The lowest BCUT2D eigenvalue weighted by molar-refractivity contribution is -0.308. The summed E-state index contributed by atoms with van der Waals surface area (Å²) >= 11 is 0. The predicted molar refractivity (Wildman–Crippen MR) is 99.9 cm³/mol. The molecule has 0 bridgehead atoms. The van der Waals surface area contributed by atoms with Crippen LogP contribution < -0.4 is 5.32 Å². The molecule has 2 N–H and O–H groups in total. The van der Waals surface area contributed by atoms with E-state index in [-0.39, 0.29) is 6.61 Å². The highest BCUT2D eigenvalue weighted by Crippen LogP contribution is 2.46. The molecule has 0 fully saturated rings. The Hall–Kier alpha value is -3.17. The van der Waals surface area contributed by atoms with Gasteiger partial charge in [-0.25, -0.2) is 4.79 Å². The van der Waals surface area contributed by atoms with Crippen LogP contribution in [0.15, 0.2) is 48.5 Å². The first-order valence-corrected chi connectivity index (χ1v) is 9.17. The summed E-state index contributed by atoms with van der Waals surface area (Å²) in [6.07, 6.45) is -9.31. The number of halogens is 5. The van der Waals surface area contributed by atoms with E-state index >= 15 is 0 Å². The molecule has 1 atom stereocenters. The van der Waals surface area contributed by atoms with Gasteiger partial charge < -0.3 is 15.2 Å². The maximum atomic E-state index is 14.0. The molecular formula is C21H18F5NO4. The minimum Gasteiger partial charge on any atom is -0.481 e. The van der Waals surface area contributed by atoms with Crippen LogP contribution in [0.5, 0.6) is 0 Å². The summed E-state index contributed by atoms with van der Waals surface area (Å²) < 4.78 is 71.5. The fourth-order valence-electron chi connectivity index (χ4n) is 3.71. The zero-order valence-corrected chi connectivity index (χ0v) is 16.2. The molecule has 1 amide bonds. The maximum absolute atomic E-state index is 14.0. The summed E-state index contributed by atoms with van der Waals surface area (Å²) in [6, 6.07) is 14.5. The van der Waals surface area contributed by atoms with Crippen molar-refractivity contribution in [2.75, 3.05) is 6.61 Å². The topological polar surface area (TPSA) is 75.6 Å². The van der Waals surface area contributed by atoms with Gasteiger partial charge in [0.15, 0.2) is 0 Å². The van der Waals surface area contributed by atoms with Gasteiger partial charge in [0, 0.05) is 5.92 Å². The first-order chi connectivity index (χ1) is 14.4. The van der Waals surface area contributed by atoms with Gasteiger partial charge in [0.2, 0.25) is 0 Å². The van der Waals surface area contributed by atoms with Crippen molar-refractivity contribution in [2.24, 2.45) is 0 Å². The normalized spacial score (nSPS) is 15.5. The Morgan fingerprint density at radius 2 is 1.45 bits per heavy atom. The number of fused-ring (bicyclic) bond motifs is 3. The Labute approximate surface area is 173 Å². The molecule has 1 aliphatic rings. The number of nitrogens with one attached hydrogen (secondary N) is 1.